The van der Waals surface area contributed by atoms with Crippen LogP contribution in [0.1, 0.15) is 241 Å². The molecule has 522 valence electrons. The van der Waals surface area contributed by atoms with E-state index in [9.17, 15) is 28.8 Å². The molecule has 93 heavy (non-hydrogen) atoms. The Bertz CT molecular complexity index is 2590. The van der Waals surface area contributed by atoms with Crippen molar-refractivity contribution in [3.8, 4) is 0 Å². The normalized spacial score (nSPS) is 41.7. The molecule has 15 heteroatoms. The van der Waals surface area contributed by atoms with Gasteiger partial charge in [0.05, 0.1) is 54.3 Å². The molecule has 0 aromatic heterocycles. The molecule has 0 aliphatic heterocycles. The minimum atomic E-state index is -0.417. The van der Waals surface area contributed by atoms with Crippen molar-refractivity contribution < 1.29 is 71.4 Å². The molecule has 26 atom stereocenters. The van der Waals surface area contributed by atoms with Gasteiger partial charge in [-0.15, -0.1) is 0 Å². The van der Waals surface area contributed by atoms with Crippen LogP contribution in [0.25, 0.3) is 0 Å². The van der Waals surface area contributed by atoms with Gasteiger partial charge in [0, 0.05) is 0 Å². The van der Waals surface area contributed by atoms with Gasteiger partial charge in [0.25, 0.3) is 0 Å². The molecule has 26 unspecified atom stereocenters. The largest absolute Gasteiger partial charge is 0.462 e. The lowest BCUT2D eigenvalue weighted by atomic mass is 9.66. The highest BCUT2D eigenvalue weighted by atomic mass is 16.7. The second kappa shape index (κ2) is 29.6. The standard InChI is InChI=1S/C27H42O5.C26H40O5.C25H38O5/c1-4-27(2,3)26(29)32-22-13-18-12-21(22)24-19-10-17(23(18)24)11-20(19)25(28)31-15-30-14-16-8-6-5-7-9-16;1-3-15(2)25(27)31-22-12-18-11-21(22)24-19-9-17(23(18)24)10-20(19)26(28)30-14-29-13-16-7-5-4-6-8-16;1-3-14(2)24(26)30-21-12-16-11-20(21)23-18-9-15(22(16)23)10-19(18)25(27)29-13-28-17-7-5-4-6-8-17/h16-24H,4-15H2,1-3H3;15-24H,3-14H2,1-2H3;14-23H,3-13H2,1-2H3. The fourth-order valence-corrected chi connectivity index (χ4v) is 24.2. The summed E-state index contributed by atoms with van der Waals surface area (Å²) in [6, 6.07) is 0. The zero-order valence-electron chi connectivity index (χ0n) is 58.1. The van der Waals surface area contributed by atoms with Crippen LogP contribution in [0, 0.1) is 153 Å². The van der Waals surface area contributed by atoms with Crippen LogP contribution in [0.15, 0.2) is 0 Å². The maximum atomic E-state index is 12.9. The fraction of sp³-hybridized carbons (Fsp3) is 0.923. The summed E-state index contributed by atoms with van der Waals surface area (Å²) in [5, 5.41) is 0. The smallest absolute Gasteiger partial charge is 0.311 e. The van der Waals surface area contributed by atoms with Crippen LogP contribution < -0.4 is 0 Å². The molecule has 15 nitrogen and oxygen atoms in total. The van der Waals surface area contributed by atoms with Crippen LogP contribution in [0.5, 0.6) is 0 Å². The van der Waals surface area contributed by atoms with E-state index in [1.165, 1.54) is 103 Å². The Morgan fingerprint density at radius 1 is 0.387 bits per heavy atom. The van der Waals surface area contributed by atoms with Crippen LogP contribution in [0.2, 0.25) is 0 Å². The van der Waals surface area contributed by atoms with Gasteiger partial charge in [-0.25, -0.2) is 0 Å². The highest BCUT2D eigenvalue weighted by Crippen LogP contribution is 2.72. The van der Waals surface area contributed by atoms with Gasteiger partial charge in [-0.2, -0.15) is 0 Å². The van der Waals surface area contributed by atoms with Crippen LogP contribution in [-0.2, 0) is 71.4 Å². The van der Waals surface area contributed by atoms with Gasteiger partial charge < -0.3 is 42.6 Å². The van der Waals surface area contributed by atoms with Gasteiger partial charge >= 0.3 is 35.8 Å². The Hall–Kier alpha value is -3.30. The Morgan fingerprint density at radius 3 is 1.09 bits per heavy atom. The maximum absolute atomic E-state index is 12.9. The van der Waals surface area contributed by atoms with Gasteiger partial charge in [-0.05, 0) is 267 Å². The minimum Gasteiger partial charge on any atom is -0.462 e. The molecule has 0 N–H and O–H groups in total. The topological polar surface area (TPSA) is 185 Å². The summed E-state index contributed by atoms with van der Waals surface area (Å²) < 4.78 is 52.1. The van der Waals surface area contributed by atoms with E-state index in [2.05, 4.69) is 0 Å². The number of hydrogen-bond donors (Lipinski definition) is 0. The van der Waals surface area contributed by atoms with E-state index in [4.69, 9.17) is 42.6 Å². The highest BCUT2D eigenvalue weighted by Gasteiger charge is 2.70. The molecule has 0 amide bonds. The summed E-state index contributed by atoms with van der Waals surface area (Å²) in [4.78, 5) is 76.1. The Labute approximate surface area is 557 Å². The second-order valence-corrected chi connectivity index (χ2v) is 34.3. The first kappa shape index (κ1) is 68.2. The van der Waals surface area contributed by atoms with Crippen LogP contribution in [0.3, 0.4) is 0 Å². The third-order valence-corrected chi connectivity index (χ3v) is 29.2. The van der Waals surface area contributed by atoms with Crippen LogP contribution >= 0.6 is 0 Å². The molecule has 0 saturated heterocycles. The lowest BCUT2D eigenvalue weighted by Crippen LogP contribution is -2.43. The monoisotopic (exact) mass is 1300 g/mol. The van der Waals surface area contributed by atoms with E-state index in [1.54, 1.807) is 0 Å². The zero-order chi connectivity index (χ0) is 64.8. The van der Waals surface area contributed by atoms with E-state index < -0.39 is 5.41 Å². The van der Waals surface area contributed by atoms with Crippen LogP contribution in [-0.4, -0.2) is 93.8 Å². The predicted octanol–water partition coefficient (Wildman–Crippen LogP) is 15.1. The van der Waals surface area contributed by atoms with Crippen molar-refractivity contribution in [2.75, 3.05) is 33.6 Å². The minimum absolute atomic E-state index is 0.0160. The van der Waals surface area contributed by atoms with Gasteiger partial charge in [0.15, 0.2) is 20.4 Å². The first-order chi connectivity index (χ1) is 45.0. The average molecular weight is 1300 g/mol. The molecule has 12 bridgehead atoms. The van der Waals surface area contributed by atoms with Crippen molar-refractivity contribution >= 4 is 35.8 Å². The molecule has 15 aliphatic rings. The lowest BCUT2D eigenvalue weighted by Gasteiger charge is -2.41. The Kier molecular flexibility index (Phi) is 21.8. The first-order valence-electron chi connectivity index (χ1n) is 38.9. The summed E-state index contributed by atoms with van der Waals surface area (Å²) in [6.45, 7) is 15.8. The van der Waals surface area contributed by atoms with Crippen molar-refractivity contribution in [1.29, 1.82) is 0 Å². The maximum Gasteiger partial charge on any atom is 0.311 e. The molecule has 0 aromatic carbocycles. The van der Waals surface area contributed by atoms with E-state index in [0.29, 0.717) is 101 Å². The zero-order valence-corrected chi connectivity index (χ0v) is 58.1. The number of hydrogen-bond acceptors (Lipinski definition) is 15. The molecule has 15 aliphatic carbocycles. The number of carbonyl (C=O) groups excluding carboxylic acids is 6. The molecule has 15 fully saturated rings. The van der Waals surface area contributed by atoms with E-state index in [-0.39, 0.29) is 110 Å². The number of ether oxygens (including phenoxy) is 9. The summed E-state index contributed by atoms with van der Waals surface area (Å²) in [5.74, 6) is 11.5. The molecule has 15 saturated carbocycles. The fourth-order valence-electron chi connectivity index (χ4n) is 24.2. The number of carbonyl (C=O) groups is 6. The highest BCUT2D eigenvalue weighted by molar-refractivity contribution is 5.77. The molecule has 0 spiro atoms. The van der Waals surface area contributed by atoms with Crippen molar-refractivity contribution in [2.45, 2.75) is 266 Å². The van der Waals surface area contributed by atoms with Crippen molar-refractivity contribution in [2.24, 2.45) is 153 Å². The van der Waals surface area contributed by atoms with E-state index >= 15 is 0 Å². The Balaban J connectivity index is 0.000000127. The second-order valence-electron chi connectivity index (χ2n) is 34.3. The molecule has 0 aromatic rings. The van der Waals surface area contributed by atoms with Crippen LogP contribution in [0.4, 0.5) is 0 Å². The quantitative estimate of drug-likeness (QED) is 0.0309. The number of fused-ring (bicyclic) bond motifs is 27. The third kappa shape index (κ3) is 14.1. The summed E-state index contributed by atoms with van der Waals surface area (Å²) >= 11 is 0. The molecule has 0 radical (unpaired) electrons. The van der Waals surface area contributed by atoms with Gasteiger partial charge in [-0.1, -0.05) is 92.4 Å². The molecular weight excluding hydrogens is 1180 g/mol. The van der Waals surface area contributed by atoms with Gasteiger partial charge in [-0.3, -0.25) is 28.8 Å². The van der Waals surface area contributed by atoms with Crippen molar-refractivity contribution in [1.82, 2.24) is 0 Å². The summed E-state index contributed by atoms with van der Waals surface area (Å²) in [5.41, 5.74) is -0.417. The lowest BCUT2D eigenvalue weighted by molar-refractivity contribution is -0.172. The average Bonchev–Trinajstić information content (AvgIpc) is 1.56. The molecular formula is C78H120O15. The SMILES string of the molecule is CCC(C)(C)C(=O)OC1CC2CC1C1C3CC(CC3C(=O)OCOCC3CCCCC3)C21.CCC(C)C(=O)OC1CC2CC1C1C3CC(CC3C(=O)OCOC3CCCCC3)C21.CCC(C)C(=O)OC1CC2CC1C1C3CC(CC3C(=O)OCOCC3CCCCC3)C21. The third-order valence-electron chi connectivity index (χ3n) is 29.2. The van der Waals surface area contributed by atoms with Crippen molar-refractivity contribution in [3.05, 3.63) is 0 Å². The van der Waals surface area contributed by atoms with Gasteiger partial charge in [0.1, 0.15) is 18.3 Å². The molecule has 0 heterocycles. The number of rotatable bonds is 23. The van der Waals surface area contributed by atoms with Crippen molar-refractivity contribution in [3.63, 3.8) is 0 Å². The summed E-state index contributed by atoms with van der Waals surface area (Å²) in [7, 11) is 0. The van der Waals surface area contributed by atoms with E-state index in [0.717, 1.165) is 121 Å². The van der Waals surface area contributed by atoms with E-state index in [1.807, 2.05) is 48.5 Å². The van der Waals surface area contributed by atoms with Gasteiger partial charge in [0.2, 0.25) is 0 Å². The molecule has 15 rings (SSSR count). The first-order valence-corrected chi connectivity index (χ1v) is 38.9. The predicted molar refractivity (Wildman–Crippen MR) is 347 cm³/mol. The number of esters is 6. The Morgan fingerprint density at radius 2 is 0.720 bits per heavy atom. The summed E-state index contributed by atoms with van der Waals surface area (Å²) in [6.07, 6.45) is 34.8.